The summed E-state index contributed by atoms with van der Waals surface area (Å²) in [6.45, 7) is 0. The van der Waals surface area contributed by atoms with Crippen LogP contribution < -0.4 is 0 Å². The molecular weight excluding hydrogens is 352 g/mol. The largest absolute Gasteiger partial charge is 0.292 e. The number of para-hydroxylation sites is 3. The zero-order valence-electron chi connectivity index (χ0n) is 15.8. The Balaban J connectivity index is 1.66. The third kappa shape index (κ3) is 2.54. The number of nitrogens with zero attached hydrogens (tertiary/aromatic N) is 2. The lowest BCUT2D eigenvalue weighted by Crippen LogP contribution is -1.91. The molecule has 6 aromatic rings. The van der Waals surface area contributed by atoms with Gasteiger partial charge in [0, 0.05) is 10.8 Å². The first-order chi connectivity index (χ1) is 14.4. The number of imidazole rings is 1. The van der Waals surface area contributed by atoms with Gasteiger partial charge in [0.05, 0.1) is 16.6 Å². The Morgan fingerprint density at radius 3 is 2.17 bits per heavy atom. The van der Waals surface area contributed by atoms with Gasteiger partial charge in [0.2, 0.25) is 0 Å². The van der Waals surface area contributed by atoms with Crippen molar-refractivity contribution in [2.24, 2.45) is 0 Å². The second-order valence-electron chi connectivity index (χ2n) is 7.33. The number of rotatable bonds is 2. The minimum Gasteiger partial charge on any atom is -0.292 e. The minimum absolute atomic E-state index is 1.01. The number of pyridine rings is 1. The molecule has 0 bridgehead atoms. The quantitative estimate of drug-likeness (QED) is 0.238. The smallest absolute Gasteiger partial charge is 0.146 e. The summed E-state index contributed by atoms with van der Waals surface area (Å²) in [5, 5.41) is 3.66. The van der Waals surface area contributed by atoms with E-state index in [1.165, 1.54) is 32.8 Å². The standard InChI is InChI=1S/C27H18N2/c1-2-8-19(9-3-1)14-15-20-16-17-22-23(18-20)21-10-4-6-12-25(21)29-26-13-7-5-11-24(26)28-27(22)29/h1-18H. The molecular formula is C27H18N2. The normalized spacial score (nSPS) is 12.0. The van der Waals surface area contributed by atoms with Crippen molar-refractivity contribution in [2.45, 2.75) is 0 Å². The highest BCUT2D eigenvalue weighted by molar-refractivity contribution is 6.14. The third-order valence-electron chi connectivity index (χ3n) is 5.55. The highest BCUT2D eigenvalue weighted by Gasteiger charge is 2.13. The van der Waals surface area contributed by atoms with Crippen LogP contribution in [0.4, 0.5) is 0 Å². The van der Waals surface area contributed by atoms with E-state index < -0.39 is 0 Å². The molecule has 0 unspecified atom stereocenters. The van der Waals surface area contributed by atoms with Crippen LogP contribution in [-0.4, -0.2) is 9.38 Å². The van der Waals surface area contributed by atoms with Gasteiger partial charge in [0.25, 0.3) is 0 Å². The van der Waals surface area contributed by atoms with Gasteiger partial charge in [-0.25, -0.2) is 4.98 Å². The molecule has 0 N–H and O–H groups in total. The van der Waals surface area contributed by atoms with Crippen LogP contribution in [0, 0.1) is 0 Å². The first-order valence-corrected chi connectivity index (χ1v) is 9.83. The van der Waals surface area contributed by atoms with E-state index in [9.17, 15) is 0 Å². The molecule has 0 radical (unpaired) electrons. The summed E-state index contributed by atoms with van der Waals surface area (Å²) in [6.07, 6.45) is 4.33. The predicted molar refractivity (Wildman–Crippen MR) is 123 cm³/mol. The summed E-state index contributed by atoms with van der Waals surface area (Å²) in [5.74, 6) is 0. The topological polar surface area (TPSA) is 17.3 Å². The Morgan fingerprint density at radius 1 is 0.552 bits per heavy atom. The van der Waals surface area contributed by atoms with Gasteiger partial charge in [-0.1, -0.05) is 84.9 Å². The van der Waals surface area contributed by atoms with Crippen LogP contribution in [0.25, 0.3) is 50.5 Å². The molecule has 2 heterocycles. The van der Waals surface area contributed by atoms with E-state index in [0.29, 0.717) is 0 Å². The van der Waals surface area contributed by atoms with Crippen molar-refractivity contribution in [2.75, 3.05) is 0 Å². The average molecular weight is 370 g/mol. The molecule has 2 aromatic heterocycles. The van der Waals surface area contributed by atoms with Gasteiger partial charge in [0.1, 0.15) is 5.65 Å². The fourth-order valence-corrected chi connectivity index (χ4v) is 4.19. The van der Waals surface area contributed by atoms with Gasteiger partial charge < -0.3 is 0 Å². The highest BCUT2D eigenvalue weighted by atomic mass is 15.0. The lowest BCUT2D eigenvalue weighted by molar-refractivity contribution is 1.31. The molecule has 29 heavy (non-hydrogen) atoms. The number of hydrogen-bond acceptors (Lipinski definition) is 1. The van der Waals surface area contributed by atoms with E-state index in [2.05, 4.69) is 101 Å². The fourth-order valence-electron chi connectivity index (χ4n) is 4.19. The van der Waals surface area contributed by atoms with Crippen molar-refractivity contribution in [3.8, 4) is 0 Å². The van der Waals surface area contributed by atoms with Crippen molar-refractivity contribution < 1.29 is 0 Å². The van der Waals surface area contributed by atoms with E-state index in [1.807, 2.05) is 12.1 Å². The monoisotopic (exact) mass is 370 g/mol. The molecule has 0 spiro atoms. The third-order valence-corrected chi connectivity index (χ3v) is 5.55. The Bertz CT molecular complexity index is 1540. The second kappa shape index (κ2) is 6.32. The molecule has 136 valence electrons. The van der Waals surface area contributed by atoms with E-state index in [0.717, 1.165) is 16.7 Å². The SMILES string of the molecule is C(=Cc1ccc2c(c1)c1ccccc1n1c3ccccc3nc21)c1ccccc1. The van der Waals surface area contributed by atoms with Gasteiger partial charge in [-0.15, -0.1) is 0 Å². The molecule has 2 heteroatoms. The zero-order valence-corrected chi connectivity index (χ0v) is 15.8. The lowest BCUT2D eigenvalue weighted by Gasteiger charge is -2.09. The van der Waals surface area contributed by atoms with E-state index in [4.69, 9.17) is 4.98 Å². The fraction of sp³-hybridized carbons (Fsp3) is 0. The summed E-state index contributed by atoms with van der Waals surface area (Å²) >= 11 is 0. The van der Waals surface area contributed by atoms with Crippen molar-refractivity contribution in [1.29, 1.82) is 0 Å². The first-order valence-electron chi connectivity index (χ1n) is 9.83. The molecule has 6 rings (SSSR count). The molecule has 0 fully saturated rings. The lowest BCUT2D eigenvalue weighted by atomic mass is 10.0. The van der Waals surface area contributed by atoms with Crippen LogP contribution in [0.2, 0.25) is 0 Å². The highest BCUT2D eigenvalue weighted by Crippen LogP contribution is 2.33. The maximum atomic E-state index is 4.96. The van der Waals surface area contributed by atoms with Crippen LogP contribution in [0.1, 0.15) is 11.1 Å². The van der Waals surface area contributed by atoms with Crippen LogP contribution in [0.15, 0.2) is 97.1 Å². The molecule has 2 nitrogen and oxygen atoms in total. The zero-order chi connectivity index (χ0) is 19.2. The Hall–Kier alpha value is -3.91. The summed E-state index contributed by atoms with van der Waals surface area (Å²) in [5.41, 5.74) is 6.76. The van der Waals surface area contributed by atoms with Crippen LogP contribution in [-0.2, 0) is 0 Å². The summed E-state index contributed by atoms with van der Waals surface area (Å²) in [7, 11) is 0. The summed E-state index contributed by atoms with van der Waals surface area (Å²) in [6, 6.07) is 34.0. The van der Waals surface area contributed by atoms with Gasteiger partial charge >= 0.3 is 0 Å². The van der Waals surface area contributed by atoms with Crippen molar-refractivity contribution in [3.05, 3.63) is 108 Å². The van der Waals surface area contributed by atoms with E-state index in [1.54, 1.807) is 0 Å². The van der Waals surface area contributed by atoms with Crippen LogP contribution in [0.3, 0.4) is 0 Å². The van der Waals surface area contributed by atoms with Gasteiger partial charge in [-0.2, -0.15) is 0 Å². The van der Waals surface area contributed by atoms with Crippen LogP contribution in [0.5, 0.6) is 0 Å². The number of aromatic nitrogens is 2. The molecule has 0 aliphatic carbocycles. The average Bonchev–Trinajstić information content (AvgIpc) is 3.18. The first kappa shape index (κ1) is 16.1. The Kier molecular flexibility index (Phi) is 3.50. The van der Waals surface area contributed by atoms with Crippen molar-refractivity contribution in [1.82, 2.24) is 9.38 Å². The van der Waals surface area contributed by atoms with Gasteiger partial charge in [-0.05, 0) is 40.8 Å². The maximum absolute atomic E-state index is 4.96. The molecule has 0 aliphatic rings. The summed E-state index contributed by atoms with van der Waals surface area (Å²) in [4.78, 5) is 4.96. The van der Waals surface area contributed by atoms with Crippen molar-refractivity contribution >= 4 is 50.5 Å². The molecule has 0 aliphatic heterocycles. The Morgan fingerprint density at radius 2 is 1.28 bits per heavy atom. The maximum Gasteiger partial charge on any atom is 0.146 e. The molecule has 4 aromatic carbocycles. The molecule has 0 atom stereocenters. The van der Waals surface area contributed by atoms with Crippen LogP contribution >= 0.6 is 0 Å². The summed E-state index contributed by atoms with van der Waals surface area (Å²) < 4.78 is 2.28. The number of fused-ring (bicyclic) bond motifs is 8. The van der Waals surface area contributed by atoms with E-state index >= 15 is 0 Å². The predicted octanol–water partition coefficient (Wildman–Crippen LogP) is 6.96. The Labute approximate surface area is 168 Å². The molecule has 0 amide bonds. The van der Waals surface area contributed by atoms with Gasteiger partial charge in [-0.3, -0.25) is 4.40 Å². The van der Waals surface area contributed by atoms with Gasteiger partial charge in [0.15, 0.2) is 0 Å². The molecule has 0 saturated heterocycles. The molecule has 0 saturated carbocycles. The second-order valence-corrected chi connectivity index (χ2v) is 7.33. The van der Waals surface area contributed by atoms with E-state index in [-0.39, 0.29) is 0 Å². The number of hydrogen-bond donors (Lipinski definition) is 0. The minimum atomic E-state index is 1.01. The van der Waals surface area contributed by atoms with Crippen molar-refractivity contribution in [3.63, 3.8) is 0 Å². The number of benzene rings is 4.